The molecule has 1 amide bonds. The molecule has 7 heteroatoms. The SMILES string of the molecule is CCOc1cc([C@@H]2CC(=O)Nc3ncnn32)ccc1OCc1ccc(C)cc1. The molecular weight excluding hydrogens is 356 g/mol. The minimum atomic E-state index is -0.225. The largest absolute Gasteiger partial charge is 0.490 e. The molecule has 1 aromatic heterocycles. The van der Waals surface area contributed by atoms with E-state index in [2.05, 4.69) is 46.6 Å². The third kappa shape index (κ3) is 3.69. The predicted octanol–water partition coefficient (Wildman–Crippen LogP) is 3.50. The van der Waals surface area contributed by atoms with Crippen molar-refractivity contribution in [2.45, 2.75) is 32.9 Å². The molecule has 0 spiro atoms. The van der Waals surface area contributed by atoms with Crippen LogP contribution in [0.15, 0.2) is 48.8 Å². The fourth-order valence-electron chi connectivity index (χ4n) is 3.23. The first kappa shape index (κ1) is 18.0. The number of hydrogen-bond acceptors (Lipinski definition) is 5. The van der Waals surface area contributed by atoms with E-state index >= 15 is 0 Å². The molecule has 28 heavy (non-hydrogen) atoms. The molecule has 4 rings (SSSR count). The van der Waals surface area contributed by atoms with Crippen molar-refractivity contribution in [1.82, 2.24) is 14.8 Å². The van der Waals surface area contributed by atoms with Crippen molar-refractivity contribution in [3.8, 4) is 11.5 Å². The van der Waals surface area contributed by atoms with E-state index in [1.54, 1.807) is 4.68 Å². The smallest absolute Gasteiger partial charge is 0.229 e. The number of aromatic nitrogens is 3. The maximum atomic E-state index is 12.0. The molecule has 3 aromatic rings. The Bertz CT molecular complexity index is 982. The molecule has 1 aliphatic rings. The lowest BCUT2D eigenvalue weighted by Gasteiger charge is -2.24. The molecule has 1 atom stereocenters. The van der Waals surface area contributed by atoms with Crippen LogP contribution in [-0.2, 0) is 11.4 Å². The number of aryl methyl sites for hydroxylation is 1. The molecule has 0 bridgehead atoms. The zero-order valence-electron chi connectivity index (χ0n) is 15.9. The van der Waals surface area contributed by atoms with Gasteiger partial charge in [0.1, 0.15) is 12.9 Å². The van der Waals surface area contributed by atoms with Gasteiger partial charge in [0.05, 0.1) is 19.1 Å². The first-order chi connectivity index (χ1) is 13.6. The topological polar surface area (TPSA) is 78.3 Å². The standard InChI is InChI=1S/C21H22N4O3/c1-3-27-19-10-16(17-11-20(26)24-21-22-13-23-25(17)21)8-9-18(19)28-12-15-6-4-14(2)5-7-15/h4-10,13,17H,3,11-12H2,1-2H3,(H,22,23,24,26)/t17-/m0/s1. The Morgan fingerprint density at radius 3 is 2.75 bits per heavy atom. The average Bonchev–Trinajstić information content (AvgIpc) is 3.16. The van der Waals surface area contributed by atoms with E-state index < -0.39 is 0 Å². The number of anilines is 1. The summed E-state index contributed by atoms with van der Waals surface area (Å²) in [7, 11) is 0. The van der Waals surface area contributed by atoms with Gasteiger partial charge in [-0.2, -0.15) is 10.1 Å². The second-order valence-corrected chi connectivity index (χ2v) is 6.71. The molecule has 144 valence electrons. The molecule has 0 saturated carbocycles. The van der Waals surface area contributed by atoms with Gasteiger partial charge < -0.3 is 9.47 Å². The Morgan fingerprint density at radius 1 is 1.14 bits per heavy atom. The second kappa shape index (κ2) is 7.72. The molecule has 1 aliphatic heterocycles. The Labute approximate surface area is 163 Å². The van der Waals surface area contributed by atoms with Gasteiger partial charge in [0, 0.05) is 0 Å². The van der Waals surface area contributed by atoms with Crippen LogP contribution in [0.25, 0.3) is 0 Å². The Morgan fingerprint density at radius 2 is 1.96 bits per heavy atom. The van der Waals surface area contributed by atoms with Crippen LogP contribution in [0.5, 0.6) is 11.5 Å². The van der Waals surface area contributed by atoms with E-state index in [4.69, 9.17) is 9.47 Å². The predicted molar refractivity (Wildman–Crippen MR) is 105 cm³/mol. The maximum Gasteiger partial charge on any atom is 0.229 e. The zero-order valence-corrected chi connectivity index (χ0v) is 15.9. The van der Waals surface area contributed by atoms with Crippen molar-refractivity contribution in [3.05, 3.63) is 65.5 Å². The average molecular weight is 378 g/mol. The highest BCUT2D eigenvalue weighted by Gasteiger charge is 2.28. The maximum absolute atomic E-state index is 12.0. The van der Waals surface area contributed by atoms with Crippen molar-refractivity contribution in [1.29, 1.82) is 0 Å². The fourth-order valence-corrected chi connectivity index (χ4v) is 3.23. The lowest BCUT2D eigenvalue weighted by Crippen LogP contribution is -2.29. The number of fused-ring (bicyclic) bond motifs is 1. The summed E-state index contributed by atoms with van der Waals surface area (Å²) in [5, 5.41) is 6.98. The molecule has 2 aromatic carbocycles. The lowest BCUT2D eigenvalue weighted by atomic mass is 10.0. The van der Waals surface area contributed by atoms with Gasteiger partial charge in [-0.3, -0.25) is 10.1 Å². The summed E-state index contributed by atoms with van der Waals surface area (Å²) < 4.78 is 13.5. The van der Waals surface area contributed by atoms with Crippen molar-refractivity contribution >= 4 is 11.9 Å². The summed E-state index contributed by atoms with van der Waals surface area (Å²) >= 11 is 0. The van der Waals surface area contributed by atoms with Gasteiger partial charge in [-0.05, 0) is 37.1 Å². The van der Waals surface area contributed by atoms with Crippen molar-refractivity contribution in [2.75, 3.05) is 11.9 Å². The molecule has 0 aliphatic carbocycles. The van der Waals surface area contributed by atoms with Crippen molar-refractivity contribution in [3.63, 3.8) is 0 Å². The van der Waals surface area contributed by atoms with Crippen LogP contribution >= 0.6 is 0 Å². The Kier molecular flexibility index (Phi) is 4.97. The molecular formula is C21H22N4O3. The van der Waals surface area contributed by atoms with Crippen LogP contribution in [-0.4, -0.2) is 27.3 Å². The van der Waals surface area contributed by atoms with Crippen LogP contribution in [0, 0.1) is 6.92 Å². The van der Waals surface area contributed by atoms with E-state index in [0.717, 1.165) is 11.1 Å². The molecule has 0 radical (unpaired) electrons. The number of ether oxygens (including phenoxy) is 2. The summed E-state index contributed by atoms with van der Waals surface area (Å²) in [4.78, 5) is 16.1. The minimum absolute atomic E-state index is 0.0804. The zero-order chi connectivity index (χ0) is 19.5. The number of benzene rings is 2. The molecule has 2 heterocycles. The van der Waals surface area contributed by atoms with Gasteiger partial charge >= 0.3 is 0 Å². The highest BCUT2D eigenvalue weighted by atomic mass is 16.5. The first-order valence-corrected chi connectivity index (χ1v) is 9.28. The van der Waals surface area contributed by atoms with E-state index in [0.29, 0.717) is 37.1 Å². The van der Waals surface area contributed by atoms with Crippen LogP contribution in [0.3, 0.4) is 0 Å². The monoisotopic (exact) mass is 378 g/mol. The van der Waals surface area contributed by atoms with E-state index in [9.17, 15) is 4.79 Å². The second-order valence-electron chi connectivity index (χ2n) is 6.71. The highest BCUT2D eigenvalue weighted by Crippen LogP contribution is 2.35. The third-order valence-corrected chi connectivity index (χ3v) is 4.67. The van der Waals surface area contributed by atoms with Gasteiger partial charge in [0.15, 0.2) is 11.5 Å². The number of nitrogens with zero attached hydrogens (tertiary/aromatic N) is 3. The van der Waals surface area contributed by atoms with Gasteiger partial charge in [0.2, 0.25) is 11.9 Å². The van der Waals surface area contributed by atoms with Crippen molar-refractivity contribution < 1.29 is 14.3 Å². The third-order valence-electron chi connectivity index (χ3n) is 4.67. The summed E-state index contributed by atoms with van der Waals surface area (Å²) in [6, 6.07) is 13.8. The Balaban J connectivity index is 1.59. The van der Waals surface area contributed by atoms with Gasteiger partial charge in [-0.1, -0.05) is 35.9 Å². The summed E-state index contributed by atoms with van der Waals surface area (Å²) in [5.41, 5.74) is 3.23. The number of amides is 1. The van der Waals surface area contributed by atoms with Crippen molar-refractivity contribution in [2.24, 2.45) is 0 Å². The normalized spacial score (nSPS) is 15.6. The number of hydrogen-bond donors (Lipinski definition) is 1. The van der Waals surface area contributed by atoms with Crippen LogP contribution in [0.2, 0.25) is 0 Å². The van der Waals surface area contributed by atoms with Gasteiger partial charge in [0.25, 0.3) is 0 Å². The molecule has 7 nitrogen and oxygen atoms in total. The number of carbonyl (C=O) groups is 1. The van der Waals surface area contributed by atoms with Gasteiger partial charge in [-0.15, -0.1) is 0 Å². The van der Waals surface area contributed by atoms with Crippen LogP contribution in [0.1, 0.15) is 36.1 Å². The quantitative estimate of drug-likeness (QED) is 0.710. The summed E-state index contributed by atoms with van der Waals surface area (Å²) in [5.74, 6) is 1.70. The van der Waals surface area contributed by atoms with E-state index in [1.165, 1.54) is 11.9 Å². The Hall–Kier alpha value is -3.35. The van der Waals surface area contributed by atoms with E-state index in [1.807, 2.05) is 25.1 Å². The highest BCUT2D eigenvalue weighted by molar-refractivity contribution is 5.91. The number of rotatable bonds is 6. The molecule has 0 unspecified atom stereocenters. The molecule has 1 N–H and O–H groups in total. The number of nitrogens with one attached hydrogen (secondary N) is 1. The summed E-state index contributed by atoms with van der Waals surface area (Å²) in [6.45, 7) is 4.96. The first-order valence-electron chi connectivity index (χ1n) is 9.28. The molecule has 0 fully saturated rings. The van der Waals surface area contributed by atoms with Gasteiger partial charge in [-0.25, -0.2) is 4.68 Å². The lowest BCUT2D eigenvalue weighted by molar-refractivity contribution is -0.117. The van der Waals surface area contributed by atoms with Crippen LogP contribution in [0.4, 0.5) is 5.95 Å². The minimum Gasteiger partial charge on any atom is -0.490 e. The fraction of sp³-hybridized carbons (Fsp3) is 0.286. The van der Waals surface area contributed by atoms with Crippen LogP contribution < -0.4 is 14.8 Å². The van der Waals surface area contributed by atoms with E-state index in [-0.39, 0.29) is 11.9 Å². The molecule has 0 saturated heterocycles. The number of carbonyl (C=O) groups excluding carboxylic acids is 1. The summed E-state index contributed by atoms with van der Waals surface area (Å²) in [6.07, 6.45) is 1.74.